The largest absolute Gasteiger partial charge is 0.445 e. The molecule has 0 aliphatic carbocycles. The van der Waals surface area contributed by atoms with Crippen LogP contribution in [0.2, 0.25) is 0 Å². The number of carbonyl (C=O) groups excluding carboxylic acids is 1. The summed E-state index contributed by atoms with van der Waals surface area (Å²) < 4.78 is 6.73. The minimum absolute atomic E-state index is 0.0157. The number of carbonyl (C=O) groups is 1. The second-order valence-electron chi connectivity index (χ2n) is 6.34. The average molecular weight is 402 g/mol. The fourth-order valence-electron chi connectivity index (χ4n) is 2.56. The topological polar surface area (TPSA) is 68.0 Å². The normalized spacial score (nSPS) is 13.3. The Kier molecular flexibility index (Phi) is 6.68. The van der Waals surface area contributed by atoms with E-state index in [1.54, 1.807) is 24.2 Å². The Morgan fingerprint density at radius 2 is 2.00 bits per heavy atom. The third kappa shape index (κ3) is 5.43. The van der Waals surface area contributed by atoms with E-state index in [9.17, 15) is 4.79 Å². The molecule has 1 aromatic carbocycles. The number of amides is 1. The van der Waals surface area contributed by atoms with Crippen molar-refractivity contribution >= 4 is 34.1 Å². The molecule has 2 atom stereocenters. The number of hydrogen-bond acceptors (Lipinski definition) is 6. The number of nitrogens with zero attached hydrogens (tertiary/aromatic N) is 2. The first kappa shape index (κ1) is 19.6. The molecule has 0 saturated carbocycles. The number of benzene rings is 1. The third-order valence-corrected chi connectivity index (χ3v) is 6.25. The Labute approximate surface area is 167 Å². The number of aromatic nitrogens is 2. The highest BCUT2D eigenvalue weighted by atomic mass is 32.2. The van der Waals surface area contributed by atoms with Crippen molar-refractivity contribution in [2.75, 3.05) is 5.32 Å². The molecule has 0 fully saturated rings. The molecule has 2 unspecified atom stereocenters. The Bertz CT molecular complexity index is 876. The summed E-state index contributed by atoms with van der Waals surface area (Å²) in [4.78, 5) is 21.1. The molecule has 142 valence electrons. The van der Waals surface area contributed by atoms with Crippen molar-refractivity contribution < 1.29 is 9.21 Å². The van der Waals surface area contributed by atoms with Crippen LogP contribution in [0.25, 0.3) is 0 Å². The van der Waals surface area contributed by atoms with Crippen LogP contribution in [0.1, 0.15) is 43.2 Å². The van der Waals surface area contributed by atoms with Crippen LogP contribution in [-0.4, -0.2) is 15.9 Å². The summed E-state index contributed by atoms with van der Waals surface area (Å²) in [6.45, 7) is 6.02. The lowest BCUT2D eigenvalue weighted by Gasteiger charge is -2.10. The molecule has 0 aliphatic heterocycles. The molecule has 0 aliphatic rings. The van der Waals surface area contributed by atoms with E-state index in [1.165, 1.54) is 11.3 Å². The fraction of sp³-hybridized carbons (Fsp3) is 0.350. The predicted octanol–water partition coefficient (Wildman–Crippen LogP) is 5.36. The van der Waals surface area contributed by atoms with E-state index < -0.39 is 0 Å². The molecule has 2 heterocycles. The van der Waals surface area contributed by atoms with Gasteiger partial charge in [0.25, 0.3) is 0 Å². The number of hydrogen-bond donors (Lipinski definition) is 1. The quantitative estimate of drug-likeness (QED) is 0.514. The first-order valence-corrected chi connectivity index (χ1v) is 10.7. The summed E-state index contributed by atoms with van der Waals surface area (Å²) >= 11 is 3.10. The van der Waals surface area contributed by atoms with Gasteiger partial charge in [-0.05, 0) is 18.9 Å². The molecule has 7 heteroatoms. The zero-order chi connectivity index (χ0) is 19.2. The summed E-state index contributed by atoms with van der Waals surface area (Å²) in [7, 11) is 0. The van der Waals surface area contributed by atoms with Crippen molar-refractivity contribution in [3.05, 3.63) is 59.9 Å². The number of aryl methyl sites for hydroxylation is 1. The summed E-state index contributed by atoms with van der Waals surface area (Å²) in [5, 5.41) is 3.64. The summed E-state index contributed by atoms with van der Waals surface area (Å²) in [5.74, 6) is 1.47. The van der Waals surface area contributed by atoms with Gasteiger partial charge in [0.1, 0.15) is 5.76 Å². The first-order chi connectivity index (χ1) is 13.0. The zero-order valence-corrected chi connectivity index (χ0v) is 17.3. The summed E-state index contributed by atoms with van der Waals surface area (Å²) in [6.07, 6.45) is 5.11. The van der Waals surface area contributed by atoms with Gasteiger partial charge in [0.05, 0.1) is 21.9 Å². The van der Waals surface area contributed by atoms with Crippen LogP contribution in [0.3, 0.4) is 0 Å². The molecule has 5 nitrogen and oxygen atoms in total. The van der Waals surface area contributed by atoms with Gasteiger partial charge >= 0.3 is 0 Å². The summed E-state index contributed by atoms with van der Waals surface area (Å²) in [5.41, 5.74) is 1.15. The van der Waals surface area contributed by atoms with Gasteiger partial charge in [-0.1, -0.05) is 55.5 Å². The Balaban J connectivity index is 1.54. The van der Waals surface area contributed by atoms with Crippen LogP contribution in [0.4, 0.5) is 5.13 Å². The first-order valence-electron chi connectivity index (χ1n) is 8.97. The lowest BCUT2D eigenvalue weighted by Crippen LogP contribution is -2.22. The highest BCUT2D eigenvalue weighted by Gasteiger charge is 2.18. The lowest BCUT2D eigenvalue weighted by molar-refractivity contribution is -0.119. The molecular formula is C20H23N3O2S2. The standard InChI is InChI=1S/C20H23N3O2S2/c1-4-16-11-21-19(25-16)14(3)26-17-12-22-20(27-17)23-18(24)13(2)10-15-8-6-5-7-9-15/h5-9,11-14H,4,10H2,1-3H3,(H,22,23,24). The predicted molar refractivity (Wildman–Crippen MR) is 110 cm³/mol. The van der Waals surface area contributed by atoms with E-state index in [4.69, 9.17) is 4.42 Å². The maximum Gasteiger partial charge on any atom is 0.229 e. The van der Waals surface area contributed by atoms with Gasteiger partial charge in [0.2, 0.25) is 11.8 Å². The van der Waals surface area contributed by atoms with Crippen molar-refractivity contribution in [3.63, 3.8) is 0 Å². The molecule has 1 amide bonds. The zero-order valence-electron chi connectivity index (χ0n) is 15.6. The monoisotopic (exact) mass is 401 g/mol. The van der Waals surface area contributed by atoms with E-state index in [0.29, 0.717) is 17.4 Å². The molecule has 3 rings (SSSR count). The second kappa shape index (κ2) is 9.19. The third-order valence-electron chi connectivity index (χ3n) is 4.11. The second-order valence-corrected chi connectivity index (χ2v) is 9.01. The molecule has 0 bridgehead atoms. The number of thioether (sulfide) groups is 1. The van der Waals surface area contributed by atoms with Gasteiger partial charge in [-0.3, -0.25) is 4.79 Å². The molecule has 1 N–H and O–H groups in total. The van der Waals surface area contributed by atoms with Gasteiger partial charge in [0.15, 0.2) is 5.13 Å². The van der Waals surface area contributed by atoms with Crippen LogP contribution >= 0.6 is 23.1 Å². The van der Waals surface area contributed by atoms with Crippen LogP contribution in [0.5, 0.6) is 0 Å². The van der Waals surface area contributed by atoms with Crippen LogP contribution < -0.4 is 5.32 Å². The number of oxazole rings is 1. The number of nitrogens with one attached hydrogen (secondary N) is 1. The highest BCUT2D eigenvalue weighted by molar-refractivity contribution is 8.01. The number of rotatable bonds is 8. The van der Waals surface area contributed by atoms with Gasteiger partial charge in [-0.25, -0.2) is 9.97 Å². The van der Waals surface area contributed by atoms with Crippen LogP contribution in [0, 0.1) is 5.92 Å². The van der Waals surface area contributed by atoms with Gasteiger partial charge in [-0.15, -0.1) is 11.8 Å². The maximum absolute atomic E-state index is 12.4. The fourth-order valence-corrected chi connectivity index (χ4v) is 4.65. The molecule has 0 saturated heterocycles. The van der Waals surface area contributed by atoms with E-state index in [2.05, 4.69) is 22.2 Å². The molecule has 3 aromatic rings. The molecule has 27 heavy (non-hydrogen) atoms. The molecule has 0 spiro atoms. The van der Waals surface area contributed by atoms with E-state index >= 15 is 0 Å². The van der Waals surface area contributed by atoms with Crippen molar-refractivity contribution in [2.45, 2.75) is 43.1 Å². The Morgan fingerprint density at radius 1 is 1.22 bits per heavy atom. The molecule has 0 radical (unpaired) electrons. The highest BCUT2D eigenvalue weighted by Crippen LogP contribution is 2.38. The Hall–Kier alpha value is -2.12. The van der Waals surface area contributed by atoms with Gasteiger partial charge < -0.3 is 9.73 Å². The minimum atomic E-state index is -0.119. The van der Waals surface area contributed by atoms with Crippen LogP contribution in [0.15, 0.2) is 51.4 Å². The van der Waals surface area contributed by atoms with Crippen LogP contribution in [-0.2, 0) is 17.6 Å². The maximum atomic E-state index is 12.4. The SMILES string of the molecule is CCc1cnc(C(C)Sc2cnc(NC(=O)C(C)Cc3ccccc3)s2)o1. The van der Waals surface area contributed by atoms with E-state index in [0.717, 1.165) is 22.0 Å². The average Bonchev–Trinajstić information content (AvgIpc) is 3.32. The van der Waals surface area contributed by atoms with Crippen molar-refractivity contribution in [3.8, 4) is 0 Å². The van der Waals surface area contributed by atoms with Crippen molar-refractivity contribution in [2.24, 2.45) is 5.92 Å². The minimum Gasteiger partial charge on any atom is -0.445 e. The van der Waals surface area contributed by atoms with Gasteiger partial charge in [-0.2, -0.15) is 0 Å². The van der Waals surface area contributed by atoms with Gasteiger partial charge in [0, 0.05) is 12.3 Å². The van der Waals surface area contributed by atoms with Crippen molar-refractivity contribution in [1.82, 2.24) is 9.97 Å². The smallest absolute Gasteiger partial charge is 0.229 e. The number of thiazole rings is 1. The number of anilines is 1. The van der Waals surface area contributed by atoms with E-state index in [-0.39, 0.29) is 17.1 Å². The lowest BCUT2D eigenvalue weighted by atomic mass is 10.0. The molecular weight excluding hydrogens is 378 g/mol. The summed E-state index contributed by atoms with van der Waals surface area (Å²) in [6, 6.07) is 10.0. The van der Waals surface area contributed by atoms with Crippen molar-refractivity contribution in [1.29, 1.82) is 0 Å². The molecule has 2 aromatic heterocycles. The Morgan fingerprint density at radius 3 is 2.70 bits per heavy atom. The van der Waals surface area contributed by atoms with E-state index in [1.807, 2.05) is 44.2 Å².